The van der Waals surface area contributed by atoms with Gasteiger partial charge in [-0.3, -0.25) is 4.79 Å². The van der Waals surface area contributed by atoms with E-state index in [1.165, 1.54) is 6.92 Å². The molecule has 0 spiro atoms. The van der Waals surface area contributed by atoms with Gasteiger partial charge in [0.2, 0.25) is 0 Å². The van der Waals surface area contributed by atoms with Crippen LogP contribution in [-0.2, 0) is 29.3 Å². The summed E-state index contributed by atoms with van der Waals surface area (Å²) in [4.78, 5) is 11.6. The van der Waals surface area contributed by atoms with Crippen molar-refractivity contribution in [2.24, 2.45) is 0 Å². The minimum Gasteiger partial charge on any atom is -0.459 e. The monoisotopic (exact) mass is 432 g/mol. The summed E-state index contributed by atoms with van der Waals surface area (Å²) in [6, 6.07) is 30.4. The van der Waals surface area contributed by atoms with Gasteiger partial charge in [0.25, 0.3) is 0 Å². The molecule has 3 atom stereocenters. The molecule has 5 heteroatoms. The van der Waals surface area contributed by atoms with E-state index >= 15 is 0 Å². The Morgan fingerprint density at radius 1 is 0.875 bits per heavy atom. The fourth-order valence-corrected chi connectivity index (χ4v) is 4.29. The van der Waals surface area contributed by atoms with Gasteiger partial charge in [0.15, 0.2) is 6.29 Å². The fourth-order valence-electron chi connectivity index (χ4n) is 4.29. The lowest BCUT2D eigenvalue weighted by Gasteiger charge is -2.37. The first-order chi connectivity index (χ1) is 15.6. The van der Waals surface area contributed by atoms with Crippen LogP contribution in [0.4, 0.5) is 0 Å². The molecule has 4 rings (SSSR count). The number of carbonyl (C=O) groups excluding carboxylic acids is 1. The summed E-state index contributed by atoms with van der Waals surface area (Å²) in [6.45, 7) is 1.62. The predicted molar refractivity (Wildman–Crippen MR) is 121 cm³/mol. The van der Waals surface area contributed by atoms with E-state index in [1.807, 2.05) is 54.6 Å². The molecule has 166 valence electrons. The van der Waals surface area contributed by atoms with Crippen LogP contribution in [0.5, 0.6) is 0 Å². The maximum Gasteiger partial charge on any atom is 0.302 e. The van der Waals surface area contributed by atoms with Crippen molar-refractivity contribution in [1.82, 2.24) is 0 Å². The van der Waals surface area contributed by atoms with Crippen molar-refractivity contribution in [1.29, 1.82) is 0 Å². The third-order valence-electron chi connectivity index (χ3n) is 5.75. The first-order valence-corrected chi connectivity index (χ1v) is 10.8. The van der Waals surface area contributed by atoms with Crippen LogP contribution < -0.4 is 0 Å². The smallest absolute Gasteiger partial charge is 0.302 e. The highest BCUT2D eigenvalue weighted by Crippen LogP contribution is 2.41. The molecular formula is C27H28O5. The summed E-state index contributed by atoms with van der Waals surface area (Å²) < 4.78 is 23.7. The molecule has 3 aromatic rings. The van der Waals surface area contributed by atoms with Gasteiger partial charge in [-0.25, -0.2) is 0 Å². The van der Waals surface area contributed by atoms with Gasteiger partial charge in [-0.15, -0.1) is 0 Å². The molecule has 0 bridgehead atoms. The molecule has 1 unspecified atom stereocenters. The Hall–Kier alpha value is -2.99. The lowest BCUT2D eigenvalue weighted by Crippen LogP contribution is -2.39. The van der Waals surface area contributed by atoms with Gasteiger partial charge in [0, 0.05) is 20.5 Å². The number of methoxy groups -OCH3 is 1. The van der Waals surface area contributed by atoms with Crippen LogP contribution in [0, 0.1) is 0 Å². The van der Waals surface area contributed by atoms with Crippen LogP contribution in [0.3, 0.4) is 0 Å². The highest BCUT2D eigenvalue weighted by Gasteiger charge is 2.42. The Morgan fingerprint density at radius 3 is 1.75 bits per heavy atom. The average molecular weight is 433 g/mol. The summed E-state index contributed by atoms with van der Waals surface area (Å²) in [5, 5.41) is 0. The Bertz CT molecular complexity index is 894. The first-order valence-electron chi connectivity index (χ1n) is 10.8. The third-order valence-corrected chi connectivity index (χ3v) is 5.75. The van der Waals surface area contributed by atoms with E-state index in [1.54, 1.807) is 7.11 Å². The van der Waals surface area contributed by atoms with Crippen molar-refractivity contribution in [3.63, 3.8) is 0 Å². The van der Waals surface area contributed by atoms with E-state index in [2.05, 4.69) is 36.4 Å². The van der Waals surface area contributed by atoms with Crippen LogP contribution in [0.15, 0.2) is 91.0 Å². The molecule has 0 amide bonds. The normalized spacial score (nSPS) is 20.8. The Labute approximate surface area is 188 Å². The van der Waals surface area contributed by atoms with Gasteiger partial charge in [0.1, 0.15) is 17.8 Å². The van der Waals surface area contributed by atoms with Crippen molar-refractivity contribution >= 4 is 5.97 Å². The maximum absolute atomic E-state index is 11.6. The largest absolute Gasteiger partial charge is 0.459 e. The molecule has 0 aromatic heterocycles. The third kappa shape index (κ3) is 4.60. The van der Waals surface area contributed by atoms with E-state index in [0.717, 1.165) is 16.7 Å². The van der Waals surface area contributed by atoms with Gasteiger partial charge in [-0.2, -0.15) is 0 Å². The van der Waals surface area contributed by atoms with Gasteiger partial charge < -0.3 is 18.9 Å². The second-order valence-corrected chi connectivity index (χ2v) is 7.81. The van der Waals surface area contributed by atoms with Crippen molar-refractivity contribution < 1.29 is 23.7 Å². The molecule has 1 heterocycles. The molecule has 0 radical (unpaired) electrons. The fraction of sp³-hybridized carbons (Fsp3) is 0.296. The highest BCUT2D eigenvalue weighted by molar-refractivity contribution is 5.66. The Kier molecular flexibility index (Phi) is 7.00. The summed E-state index contributed by atoms with van der Waals surface area (Å²) in [5.41, 5.74) is 2.15. The zero-order valence-corrected chi connectivity index (χ0v) is 18.3. The predicted octanol–water partition coefficient (Wildman–Crippen LogP) is 4.69. The minimum absolute atomic E-state index is 0.219. The number of benzene rings is 3. The SMILES string of the molecule is COC1C[C@@H](OC(C)=O)[C@@H](COC(c2ccccc2)(c2ccccc2)c2ccccc2)O1. The summed E-state index contributed by atoms with van der Waals surface area (Å²) in [5.74, 6) is -0.346. The van der Waals surface area contributed by atoms with Gasteiger partial charge in [-0.1, -0.05) is 91.0 Å². The molecule has 0 saturated carbocycles. The number of ether oxygens (including phenoxy) is 4. The highest BCUT2D eigenvalue weighted by atomic mass is 16.7. The summed E-state index contributed by atoms with van der Waals surface area (Å²) in [6.07, 6.45) is -0.844. The zero-order valence-electron chi connectivity index (χ0n) is 18.3. The first kappa shape index (κ1) is 22.2. The van der Waals surface area contributed by atoms with Crippen LogP contribution >= 0.6 is 0 Å². The number of hydrogen-bond acceptors (Lipinski definition) is 5. The number of hydrogen-bond donors (Lipinski definition) is 0. The van der Waals surface area contributed by atoms with Crippen molar-refractivity contribution in [3.05, 3.63) is 108 Å². The molecule has 1 aliphatic heterocycles. The molecule has 5 nitrogen and oxygen atoms in total. The summed E-state index contributed by atoms with van der Waals surface area (Å²) in [7, 11) is 1.58. The molecule has 1 aliphatic rings. The van der Waals surface area contributed by atoms with E-state index in [0.29, 0.717) is 6.42 Å². The van der Waals surface area contributed by atoms with Gasteiger partial charge in [0.05, 0.1) is 6.61 Å². The molecular weight excluding hydrogens is 404 g/mol. The topological polar surface area (TPSA) is 54.0 Å². The molecule has 1 fully saturated rings. The Balaban J connectivity index is 1.75. The van der Waals surface area contributed by atoms with E-state index in [-0.39, 0.29) is 12.6 Å². The van der Waals surface area contributed by atoms with Crippen molar-refractivity contribution in [3.8, 4) is 0 Å². The van der Waals surface area contributed by atoms with Crippen molar-refractivity contribution in [2.45, 2.75) is 37.4 Å². The molecule has 0 N–H and O–H groups in total. The number of rotatable bonds is 8. The standard InChI is InChI=1S/C27H28O5/c1-20(28)31-24-18-26(29-2)32-25(24)19-30-27(21-12-6-3-7-13-21,22-14-8-4-9-15-22)23-16-10-5-11-17-23/h3-17,24-26H,18-19H2,1-2H3/t24-,25-,26?/m1/s1. The lowest BCUT2D eigenvalue weighted by molar-refractivity contribution is -0.160. The minimum atomic E-state index is -0.862. The average Bonchev–Trinajstić information content (AvgIpc) is 3.23. The van der Waals surface area contributed by atoms with Crippen molar-refractivity contribution in [2.75, 3.05) is 13.7 Å². The molecule has 0 aliphatic carbocycles. The molecule has 32 heavy (non-hydrogen) atoms. The molecule has 3 aromatic carbocycles. The second kappa shape index (κ2) is 10.1. The lowest BCUT2D eigenvalue weighted by atomic mass is 9.80. The van der Waals surface area contributed by atoms with Gasteiger partial charge in [-0.05, 0) is 16.7 Å². The summed E-state index contributed by atoms with van der Waals surface area (Å²) >= 11 is 0. The Morgan fingerprint density at radius 2 is 1.34 bits per heavy atom. The number of esters is 1. The number of carbonyl (C=O) groups is 1. The zero-order chi connectivity index (χ0) is 22.4. The maximum atomic E-state index is 11.6. The van der Waals surface area contributed by atoms with Crippen LogP contribution in [0.25, 0.3) is 0 Å². The van der Waals surface area contributed by atoms with E-state index in [9.17, 15) is 4.79 Å². The van der Waals surface area contributed by atoms with Gasteiger partial charge >= 0.3 is 5.97 Å². The van der Waals surface area contributed by atoms with Crippen LogP contribution in [0.2, 0.25) is 0 Å². The van der Waals surface area contributed by atoms with E-state index < -0.39 is 24.1 Å². The van der Waals surface area contributed by atoms with E-state index in [4.69, 9.17) is 18.9 Å². The van der Waals surface area contributed by atoms with Crippen LogP contribution in [-0.4, -0.2) is 38.2 Å². The second-order valence-electron chi connectivity index (χ2n) is 7.81. The molecule has 1 saturated heterocycles. The quantitative estimate of drug-likeness (QED) is 0.382. The van der Waals surface area contributed by atoms with Crippen LogP contribution in [0.1, 0.15) is 30.0 Å².